The number of likely N-dealkylation sites (N-methyl/N-ethyl adjacent to an activating group) is 1. The van der Waals surface area contributed by atoms with Gasteiger partial charge in [0.1, 0.15) is 6.17 Å². The van der Waals surface area contributed by atoms with E-state index in [9.17, 15) is 4.39 Å². The van der Waals surface area contributed by atoms with Crippen molar-refractivity contribution in [3.63, 3.8) is 0 Å². The Balaban J connectivity index is 1.60. The highest BCUT2D eigenvalue weighted by molar-refractivity contribution is 5.18. The summed E-state index contributed by atoms with van der Waals surface area (Å²) in [6, 6.07) is 4.32. The second-order valence-electron chi connectivity index (χ2n) is 6.88. The van der Waals surface area contributed by atoms with Crippen LogP contribution in [0.4, 0.5) is 4.39 Å². The minimum Gasteiger partial charge on any atom is -0.300 e. The molecule has 0 amide bonds. The Labute approximate surface area is 143 Å². The molecule has 0 unspecified atom stereocenters. The number of hydrogen-bond donors (Lipinski definition) is 0. The Kier molecular flexibility index (Phi) is 5.26. The van der Waals surface area contributed by atoms with Crippen molar-refractivity contribution in [1.29, 1.82) is 0 Å². The molecule has 2 aromatic heterocycles. The summed E-state index contributed by atoms with van der Waals surface area (Å²) in [5.41, 5.74) is 3.43. The molecule has 1 fully saturated rings. The summed E-state index contributed by atoms with van der Waals surface area (Å²) in [4.78, 5) is 8.85. The second-order valence-corrected chi connectivity index (χ2v) is 6.88. The summed E-state index contributed by atoms with van der Waals surface area (Å²) >= 11 is 0. The first-order valence-corrected chi connectivity index (χ1v) is 8.46. The third-order valence-corrected chi connectivity index (χ3v) is 4.70. The lowest BCUT2D eigenvalue weighted by molar-refractivity contribution is 0.180. The quantitative estimate of drug-likeness (QED) is 0.813. The summed E-state index contributed by atoms with van der Waals surface area (Å²) in [6.45, 7) is 5.01. The Hall–Kier alpha value is -1.79. The van der Waals surface area contributed by atoms with Crippen LogP contribution in [0.5, 0.6) is 0 Å². The number of rotatable bonds is 6. The van der Waals surface area contributed by atoms with Crippen LogP contribution in [0.1, 0.15) is 23.2 Å². The van der Waals surface area contributed by atoms with Crippen molar-refractivity contribution >= 4 is 0 Å². The zero-order chi connectivity index (χ0) is 17.1. The van der Waals surface area contributed by atoms with Crippen LogP contribution in [-0.2, 0) is 20.1 Å². The van der Waals surface area contributed by atoms with Crippen LogP contribution in [0.2, 0.25) is 0 Å². The van der Waals surface area contributed by atoms with Gasteiger partial charge in [-0.2, -0.15) is 5.10 Å². The van der Waals surface area contributed by atoms with Crippen molar-refractivity contribution in [2.24, 2.45) is 7.05 Å². The molecule has 0 bridgehead atoms. The van der Waals surface area contributed by atoms with Gasteiger partial charge in [0.15, 0.2) is 0 Å². The molecule has 3 heterocycles. The van der Waals surface area contributed by atoms with E-state index in [1.807, 2.05) is 38.6 Å². The van der Waals surface area contributed by atoms with E-state index in [1.54, 1.807) is 4.68 Å². The van der Waals surface area contributed by atoms with Gasteiger partial charge in [0.25, 0.3) is 0 Å². The first-order valence-electron chi connectivity index (χ1n) is 8.46. The predicted octanol–water partition coefficient (Wildman–Crippen LogP) is 2.17. The molecule has 0 N–H and O–H groups in total. The van der Waals surface area contributed by atoms with E-state index in [0.29, 0.717) is 13.0 Å². The molecular weight excluding hydrogens is 305 g/mol. The van der Waals surface area contributed by atoms with Crippen molar-refractivity contribution < 1.29 is 4.39 Å². The molecule has 6 heteroatoms. The van der Waals surface area contributed by atoms with Crippen molar-refractivity contribution in [1.82, 2.24) is 24.6 Å². The Morgan fingerprint density at radius 3 is 2.96 bits per heavy atom. The van der Waals surface area contributed by atoms with Gasteiger partial charge in [0.05, 0.1) is 6.20 Å². The maximum Gasteiger partial charge on any atom is 0.114 e. The lowest BCUT2D eigenvalue weighted by atomic mass is 10.1. The molecule has 0 spiro atoms. The molecule has 5 nitrogen and oxygen atoms in total. The van der Waals surface area contributed by atoms with Crippen LogP contribution in [0, 0.1) is 6.92 Å². The van der Waals surface area contributed by atoms with Gasteiger partial charge in [0.2, 0.25) is 0 Å². The first-order chi connectivity index (χ1) is 11.5. The maximum absolute atomic E-state index is 14.0. The predicted molar refractivity (Wildman–Crippen MR) is 92.2 cm³/mol. The van der Waals surface area contributed by atoms with Crippen LogP contribution in [0.15, 0.2) is 30.7 Å². The average molecular weight is 331 g/mol. The lowest BCUT2D eigenvalue weighted by Crippen LogP contribution is -2.38. The van der Waals surface area contributed by atoms with E-state index in [-0.39, 0.29) is 6.04 Å². The number of likely N-dealkylation sites (tertiary alicyclic amines) is 1. The van der Waals surface area contributed by atoms with E-state index in [4.69, 9.17) is 0 Å². The van der Waals surface area contributed by atoms with Crippen molar-refractivity contribution in [2.45, 2.75) is 38.6 Å². The normalized spacial score (nSPS) is 21.7. The zero-order valence-electron chi connectivity index (χ0n) is 14.7. The molecule has 0 aromatic carbocycles. The van der Waals surface area contributed by atoms with Gasteiger partial charge in [0, 0.05) is 62.9 Å². The van der Waals surface area contributed by atoms with E-state index in [1.165, 1.54) is 5.56 Å². The fourth-order valence-corrected chi connectivity index (χ4v) is 3.49. The van der Waals surface area contributed by atoms with Crippen molar-refractivity contribution in [3.05, 3.63) is 47.5 Å². The largest absolute Gasteiger partial charge is 0.300 e. The lowest BCUT2D eigenvalue weighted by Gasteiger charge is -2.28. The van der Waals surface area contributed by atoms with Crippen LogP contribution in [0.25, 0.3) is 0 Å². The smallest absolute Gasteiger partial charge is 0.114 e. The molecule has 1 saturated heterocycles. The number of alkyl halides is 1. The summed E-state index contributed by atoms with van der Waals surface area (Å²) < 4.78 is 15.8. The molecule has 130 valence electrons. The van der Waals surface area contributed by atoms with Crippen LogP contribution in [-0.4, -0.2) is 56.9 Å². The van der Waals surface area contributed by atoms with Crippen LogP contribution in [0.3, 0.4) is 0 Å². The minimum atomic E-state index is -0.736. The van der Waals surface area contributed by atoms with Crippen molar-refractivity contribution in [2.75, 3.05) is 20.1 Å². The first kappa shape index (κ1) is 17.0. The van der Waals surface area contributed by atoms with Gasteiger partial charge < -0.3 is 4.90 Å². The van der Waals surface area contributed by atoms with Gasteiger partial charge in [-0.05, 0) is 32.0 Å². The number of hydrogen-bond acceptors (Lipinski definition) is 4. The molecule has 1 aliphatic heterocycles. The van der Waals surface area contributed by atoms with Crippen LogP contribution >= 0.6 is 0 Å². The molecule has 0 aliphatic carbocycles. The molecule has 1 aliphatic rings. The number of aryl methyl sites for hydroxylation is 2. The highest BCUT2D eigenvalue weighted by atomic mass is 19.1. The minimum absolute atomic E-state index is 0.238. The van der Waals surface area contributed by atoms with Crippen molar-refractivity contribution in [3.8, 4) is 0 Å². The number of aromatic nitrogens is 3. The highest BCUT2D eigenvalue weighted by Gasteiger charge is 2.32. The molecule has 24 heavy (non-hydrogen) atoms. The summed E-state index contributed by atoms with van der Waals surface area (Å²) in [5, 5.41) is 4.21. The average Bonchev–Trinajstić information content (AvgIpc) is 3.08. The number of pyridine rings is 1. The second kappa shape index (κ2) is 7.40. The molecule has 3 rings (SSSR count). The van der Waals surface area contributed by atoms with Gasteiger partial charge in [-0.15, -0.1) is 0 Å². The standard InChI is InChI=1S/C18H26FN5/c1-14-16(5-4-6-20-14)11-22(2)13-18-7-17(19)12-24(18)10-15-8-21-23(3)9-15/h4-6,8-9,17-18H,7,10-13H2,1-3H3/t17-,18-/m0/s1. The summed E-state index contributed by atoms with van der Waals surface area (Å²) in [7, 11) is 4.01. The summed E-state index contributed by atoms with van der Waals surface area (Å²) in [5.74, 6) is 0. The Bertz CT molecular complexity index is 671. The van der Waals surface area contributed by atoms with Gasteiger partial charge in [-0.1, -0.05) is 6.07 Å². The fourth-order valence-electron chi connectivity index (χ4n) is 3.49. The number of nitrogens with zero attached hydrogens (tertiary/aromatic N) is 5. The topological polar surface area (TPSA) is 37.2 Å². The maximum atomic E-state index is 14.0. The van der Waals surface area contributed by atoms with Gasteiger partial charge in [-0.25, -0.2) is 4.39 Å². The number of halogens is 1. The Morgan fingerprint density at radius 2 is 2.25 bits per heavy atom. The fraction of sp³-hybridized carbons (Fsp3) is 0.556. The van der Waals surface area contributed by atoms with E-state index >= 15 is 0 Å². The van der Waals surface area contributed by atoms with Gasteiger partial charge in [-0.3, -0.25) is 14.6 Å². The third kappa shape index (κ3) is 4.19. The molecule has 0 saturated carbocycles. The highest BCUT2D eigenvalue weighted by Crippen LogP contribution is 2.23. The van der Waals surface area contributed by atoms with Gasteiger partial charge >= 0.3 is 0 Å². The molecule has 2 aromatic rings. The van der Waals surface area contributed by atoms with Crippen LogP contribution < -0.4 is 0 Å². The third-order valence-electron chi connectivity index (χ3n) is 4.70. The van der Waals surface area contributed by atoms with E-state index in [0.717, 1.165) is 30.9 Å². The molecule has 0 radical (unpaired) electrons. The molecular formula is C18H26FN5. The molecule has 2 atom stereocenters. The monoisotopic (exact) mass is 331 g/mol. The SMILES string of the molecule is Cc1ncccc1CN(C)C[C@@H]1C[C@H](F)CN1Cc1cnn(C)c1. The van der Waals surface area contributed by atoms with E-state index in [2.05, 4.69) is 33.0 Å². The Morgan fingerprint density at radius 1 is 1.42 bits per heavy atom. The zero-order valence-corrected chi connectivity index (χ0v) is 14.7. The summed E-state index contributed by atoms with van der Waals surface area (Å²) in [6.07, 6.45) is 5.56. The van der Waals surface area contributed by atoms with E-state index < -0.39 is 6.17 Å².